The van der Waals surface area contributed by atoms with Crippen LogP contribution in [0, 0.1) is 6.92 Å². The second-order valence-electron chi connectivity index (χ2n) is 6.36. The predicted octanol–water partition coefficient (Wildman–Crippen LogP) is 3.00. The van der Waals surface area contributed by atoms with Crippen LogP contribution in [0.2, 0.25) is 0 Å². The Kier molecular flexibility index (Phi) is 5.01. The summed E-state index contributed by atoms with van der Waals surface area (Å²) >= 11 is 1.54. The molecule has 0 spiro atoms. The van der Waals surface area contributed by atoms with Crippen LogP contribution in [-0.4, -0.2) is 48.6 Å². The van der Waals surface area contributed by atoms with Crippen molar-refractivity contribution in [2.75, 3.05) is 32.8 Å². The number of carbonyl (C=O) groups is 1. The molecule has 0 unspecified atom stereocenters. The molecule has 3 heterocycles. The number of hydrogen-bond acceptors (Lipinski definition) is 6. The van der Waals surface area contributed by atoms with E-state index in [-0.39, 0.29) is 11.9 Å². The monoisotopic (exact) mass is 371 g/mol. The number of aryl methyl sites for hydroxylation is 1. The van der Waals surface area contributed by atoms with Crippen LogP contribution in [0.5, 0.6) is 0 Å². The first-order valence-corrected chi connectivity index (χ1v) is 9.58. The van der Waals surface area contributed by atoms with Gasteiger partial charge in [-0.25, -0.2) is 4.98 Å². The minimum Gasteiger partial charge on any atom is -0.465 e. The third-order valence-electron chi connectivity index (χ3n) is 4.63. The van der Waals surface area contributed by atoms with Crippen LogP contribution < -0.4 is 5.32 Å². The van der Waals surface area contributed by atoms with Crippen LogP contribution in [-0.2, 0) is 4.74 Å². The average molecular weight is 371 g/mol. The first kappa shape index (κ1) is 17.2. The van der Waals surface area contributed by atoms with Gasteiger partial charge in [0.15, 0.2) is 0 Å². The molecule has 1 amide bonds. The molecule has 1 fully saturated rings. The second kappa shape index (κ2) is 7.57. The minimum atomic E-state index is -0.0816. The zero-order valence-corrected chi connectivity index (χ0v) is 15.4. The van der Waals surface area contributed by atoms with Gasteiger partial charge in [-0.1, -0.05) is 0 Å². The van der Waals surface area contributed by atoms with Crippen molar-refractivity contribution in [3.05, 3.63) is 52.9 Å². The number of morpholine rings is 1. The number of furan rings is 1. The topological polar surface area (TPSA) is 67.6 Å². The molecule has 1 aliphatic heterocycles. The number of nitrogens with zero attached hydrogens (tertiary/aromatic N) is 2. The Balaban J connectivity index is 1.48. The molecular formula is C19H21N3O3S. The van der Waals surface area contributed by atoms with E-state index in [1.807, 2.05) is 37.3 Å². The number of ether oxygens (including phenoxy) is 1. The zero-order chi connectivity index (χ0) is 17.9. The number of nitrogens with one attached hydrogen (secondary N) is 1. The largest absolute Gasteiger partial charge is 0.465 e. The van der Waals surface area contributed by atoms with E-state index in [9.17, 15) is 4.79 Å². The fourth-order valence-corrected chi connectivity index (χ4v) is 3.94. The van der Waals surface area contributed by atoms with Gasteiger partial charge in [0.2, 0.25) is 0 Å². The van der Waals surface area contributed by atoms with Crippen molar-refractivity contribution in [2.24, 2.45) is 0 Å². The fraction of sp³-hybridized carbons (Fsp3) is 0.368. The summed E-state index contributed by atoms with van der Waals surface area (Å²) in [6.45, 7) is 5.48. The van der Waals surface area contributed by atoms with Crippen molar-refractivity contribution in [2.45, 2.75) is 13.0 Å². The highest BCUT2D eigenvalue weighted by molar-refractivity contribution is 7.16. The summed E-state index contributed by atoms with van der Waals surface area (Å²) in [4.78, 5) is 19.2. The summed E-state index contributed by atoms with van der Waals surface area (Å²) in [5.41, 5.74) is 3.36. The van der Waals surface area contributed by atoms with Gasteiger partial charge in [-0.05, 0) is 37.3 Å². The van der Waals surface area contributed by atoms with Crippen molar-refractivity contribution in [1.29, 1.82) is 0 Å². The fourth-order valence-electron chi connectivity index (χ4n) is 3.22. The van der Waals surface area contributed by atoms with E-state index in [1.54, 1.807) is 5.51 Å². The number of fused-ring (bicyclic) bond motifs is 1. The Morgan fingerprint density at radius 3 is 2.92 bits per heavy atom. The van der Waals surface area contributed by atoms with Gasteiger partial charge in [0.25, 0.3) is 5.91 Å². The van der Waals surface area contributed by atoms with E-state index in [0.717, 1.165) is 34.8 Å². The van der Waals surface area contributed by atoms with E-state index in [1.165, 1.54) is 11.3 Å². The Morgan fingerprint density at radius 2 is 2.15 bits per heavy atom. The van der Waals surface area contributed by atoms with Crippen molar-refractivity contribution < 1.29 is 13.9 Å². The van der Waals surface area contributed by atoms with E-state index in [2.05, 4.69) is 15.2 Å². The number of benzene rings is 1. The van der Waals surface area contributed by atoms with Crippen LogP contribution >= 0.6 is 11.3 Å². The summed E-state index contributed by atoms with van der Waals surface area (Å²) in [6.07, 6.45) is 0. The first-order valence-electron chi connectivity index (χ1n) is 8.70. The molecule has 0 aliphatic carbocycles. The van der Waals surface area contributed by atoms with E-state index in [4.69, 9.17) is 9.15 Å². The van der Waals surface area contributed by atoms with Crippen LogP contribution in [0.25, 0.3) is 10.2 Å². The molecule has 1 atom stereocenters. The molecule has 1 aliphatic rings. The highest BCUT2D eigenvalue weighted by atomic mass is 32.1. The highest BCUT2D eigenvalue weighted by Gasteiger charge is 2.25. The van der Waals surface area contributed by atoms with Crippen molar-refractivity contribution >= 4 is 27.5 Å². The van der Waals surface area contributed by atoms with Gasteiger partial charge in [-0.3, -0.25) is 9.69 Å². The van der Waals surface area contributed by atoms with Crippen LogP contribution in [0.1, 0.15) is 27.9 Å². The van der Waals surface area contributed by atoms with Crippen LogP contribution in [0.15, 0.2) is 40.3 Å². The molecule has 7 heteroatoms. The normalized spacial score (nSPS) is 16.7. The third kappa shape index (κ3) is 3.65. The van der Waals surface area contributed by atoms with E-state index in [0.29, 0.717) is 25.3 Å². The molecule has 2 aromatic heterocycles. The number of thiazole rings is 1. The van der Waals surface area contributed by atoms with Crippen molar-refractivity contribution in [1.82, 2.24) is 15.2 Å². The van der Waals surface area contributed by atoms with Gasteiger partial charge in [0.05, 0.1) is 35.0 Å². The average Bonchev–Trinajstić information content (AvgIpc) is 3.31. The van der Waals surface area contributed by atoms with Gasteiger partial charge in [-0.15, -0.1) is 11.3 Å². The SMILES string of the molecule is Cc1ccc([C@@H](CNC(=O)c2ccc3ncsc3c2)N2CCOCC2)o1. The zero-order valence-electron chi connectivity index (χ0n) is 14.6. The van der Waals surface area contributed by atoms with Crippen LogP contribution in [0.4, 0.5) is 0 Å². The summed E-state index contributed by atoms with van der Waals surface area (Å²) < 4.78 is 12.3. The van der Waals surface area contributed by atoms with Crippen LogP contribution in [0.3, 0.4) is 0 Å². The number of amides is 1. The van der Waals surface area contributed by atoms with Gasteiger partial charge >= 0.3 is 0 Å². The lowest BCUT2D eigenvalue weighted by Crippen LogP contribution is -2.43. The molecule has 3 aromatic rings. The molecule has 4 rings (SSSR count). The highest BCUT2D eigenvalue weighted by Crippen LogP contribution is 2.24. The van der Waals surface area contributed by atoms with Crippen molar-refractivity contribution in [3.63, 3.8) is 0 Å². The van der Waals surface area contributed by atoms with Gasteiger partial charge < -0.3 is 14.5 Å². The Labute approximate surface area is 155 Å². The molecule has 1 saturated heterocycles. The molecule has 136 valence electrons. The number of carbonyl (C=O) groups excluding carboxylic acids is 1. The summed E-state index contributed by atoms with van der Waals surface area (Å²) in [6, 6.07) is 9.55. The summed E-state index contributed by atoms with van der Waals surface area (Å²) in [5, 5.41) is 3.06. The molecule has 0 saturated carbocycles. The molecule has 0 radical (unpaired) electrons. The second-order valence-corrected chi connectivity index (χ2v) is 7.24. The maximum Gasteiger partial charge on any atom is 0.251 e. The molecule has 26 heavy (non-hydrogen) atoms. The first-order chi connectivity index (χ1) is 12.7. The smallest absolute Gasteiger partial charge is 0.251 e. The number of rotatable bonds is 5. The molecular weight excluding hydrogens is 350 g/mol. The van der Waals surface area contributed by atoms with Crippen molar-refractivity contribution in [3.8, 4) is 0 Å². The Bertz CT molecular complexity index is 898. The summed E-state index contributed by atoms with van der Waals surface area (Å²) in [5.74, 6) is 1.67. The maximum atomic E-state index is 12.6. The number of hydrogen-bond donors (Lipinski definition) is 1. The van der Waals surface area contributed by atoms with Gasteiger partial charge in [-0.2, -0.15) is 0 Å². The third-order valence-corrected chi connectivity index (χ3v) is 5.42. The molecule has 0 bridgehead atoms. The molecule has 6 nitrogen and oxygen atoms in total. The maximum absolute atomic E-state index is 12.6. The van der Waals surface area contributed by atoms with E-state index < -0.39 is 0 Å². The molecule has 1 N–H and O–H groups in total. The molecule has 1 aromatic carbocycles. The Morgan fingerprint density at radius 1 is 1.31 bits per heavy atom. The van der Waals surface area contributed by atoms with E-state index >= 15 is 0 Å². The Hall–Kier alpha value is -2.22. The lowest BCUT2D eigenvalue weighted by Gasteiger charge is -2.33. The van der Waals surface area contributed by atoms with Gasteiger partial charge in [0.1, 0.15) is 11.5 Å². The lowest BCUT2D eigenvalue weighted by molar-refractivity contribution is 0.0117. The van der Waals surface area contributed by atoms with Gasteiger partial charge in [0, 0.05) is 25.2 Å². The standard InChI is InChI=1S/C19H21N3O3S/c1-13-2-5-17(25-13)16(22-6-8-24-9-7-22)11-20-19(23)14-3-4-15-18(10-14)26-12-21-15/h2-5,10,12,16H,6-9,11H2,1H3,(H,20,23)/t16-/m1/s1. The number of aromatic nitrogens is 1. The lowest BCUT2D eigenvalue weighted by atomic mass is 10.1. The minimum absolute atomic E-state index is 0.00341. The quantitative estimate of drug-likeness (QED) is 0.747. The predicted molar refractivity (Wildman–Crippen MR) is 101 cm³/mol. The summed E-state index contributed by atoms with van der Waals surface area (Å²) in [7, 11) is 0.